The molecule has 0 fully saturated rings. The van der Waals surface area contributed by atoms with Gasteiger partial charge in [-0.1, -0.05) is 41.5 Å². The molecule has 0 bridgehead atoms. The SMILES string of the molecule is CC(C)(C)C(O)(C[NH-])C(C)(C)C.[K+].[NH2-]. The minimum atomic E-state index is -0.917. The number of rotatable bonds is 1. The summed E-state index contributed by atoms with van der Waals surface area (Å²) in [6.07, 6.45) is 0. The third-order valence-corrected chi connectivity index (χ3v) is 2.74. The summed E-state index contributed by atoms with van der Waals surface area (Å²) >= 11 is 0. The van der Waals surface area contributed by atoms with Crippen molar-refractivity contribution in [1.82, 2.24) is 0 Å². The number of nitrogens with two attached hydrogens (primary N) is 1. The van der Waals surface area contributed by atoms with Gasteiger partial charge in [0.15, 0.2) is 0 Å². The van der Waals surface area contributed by atoms with Crippen molar-refractivity contribution in [1.29, 1.82) is 0 Å². The molecule has 0 amide bonds. The Labute approximate surface area is 131 Å². The summed E-state index contributed by atoms with van der Waals surface area (Å²) in [7, 11) is 0. The Morgan fingerprint density at radius 2 is 1.14 bits per heavy atom. The van der Waals surface area contributed by atoms with Crippen LogP contribution in [0.3, 0.4) is 0 Å². The molecule has 14 heavy (non-hydrogen) atoms. The van der Waals surface area contributed by atoms with E-state index in [0.29, 0.717) is 0 Å². The molecule has 0 heterocycles. The Balaban J connectivity index is -0.000000605. The van der Waals surface area contributed by atoms with Gasteiger partial charge in [0.25, 0.3) is 0 Å². The Hall–Kier alpha value is 1.52. The van der Waals surface area contributed by atoms with Crippen LogP contribution in [0.25, 0.3) is 11.9 Å². The van der Waals surface area contributed by atoms with Crippen molar-refractivity contribution in [3.05, 3.63) is 11.9 Å². The molecular weight excluding hydrogens is 203 g/mol. The topological polar surface area (TPSA) is 77.5 Å². The predicted molar refractivity (Wildman–Crippen MR) is 58.3 cm³/mol. The maximum Gasteiger partial charge on any atom is 1.00 e. The van der Waals surface area contributed by atoms with Crippen molar-refractivity contribution in [2.75, 3.05) is 6.54 Å². The second-order valence-electron chi connectivity index (χ2n) is 5.54. The zero-order valence-corrected chi connectivity index (χ0v) is 13.9. The van der Waals surface area contributed by atoms with Crippen molar-refractivity contribution >= 4 is 0 Å². The second kappa shape index (κ2) is 6.30. The normalized spacial score (nSPS) is 12.9. The van der Waals surface area contributed by atoms with Gasteiger partial charge in [-0.25, -0.2) is 0 Å². The van der Waals surface area contributed by atoms with Crippen LogP contribution in [0, 0.1) is 10.8 Å². The van der Waals surface area contributed by atoms with E-state index in [2.05, 4.69) is 0 Å². The van der Waals surface area contributed by atoms with Gasteiger partial charge in [-0.2, -0.15) is 0 Å². The standard InChI is InChI=1S/C10H22NO.K.H2N/c1-8(2,3)10(12,7-11)9(4,5)6;;/h11-12H,7H2,1-6H3;;1H2/q-1;+1;-1. The first kappa shape index (κ1) is 20.9. The molecule has 0 saturated heterocycles. The molecule has 82 valence electrons. The molecule has 0 aliphatic rings. The van der Waals surface area contributed by atoms with E-state index >= 15 is 0 Å². The molecule has 0 aromatic carbocycles. The van der Waals surface area contributed by atoms with E-state index in [1.54, 1.807) is 0 Å². The van der Waals surface area contributed by atoms with E-state index < -0.39 is 5.60 Å². The first-order valence-electron chi connectivity index (χ1n) is 4.43. The van der Waals surface area contributed by atoms with Crippen molar-refractivity contribution in [3.8, 4) is 0 Å². The third-order valence-electron chi connectivity index (χ3n) is 2.74. The van der Waals surface area contributed by atoms with Crippen LogP contribution in [0.4, 0.5) is 0 Å². The third kappa shape index (κ3) is 4.18. The summed E-state index contributed by atoms with van der Waals surface area (Å²) in [6.45, 7) is 11.9. The average Bonchev–Trinajstić information content (AvgIpc) is 1.81. The second-order valence-corrected chi connectivity index (χ2v) is 5.54. The molecule has 0 spiro atoms. The quantitative estimate of drug-likeness (QED) is 0.654. The van der Waals surface area contributed by atoms with Crippen molar-refractivity contribution < 1.29 is 56.5 Å². The van der Waals surface area contributed by atoms with Crippen LogP contribution in [0.15, 0.2) is 0 Å². The van der Waals surface area contributed by atoms with E-state index in [0.717, 1.165) is 0 Å². The summed E-state index contributed by atoms with van der Waals surface area (Å²) in [5, 5.41) is 10.3. The van der Waals surface area contributed by atoms with Gasteiger partial charge < -0.3 is 17.0 Å². The van der Waals surface area contributed by atoms with Crippen LogP contribution in [-0.4, -0.2) is 17.3 Å². The smallest absolute Gasteiger partial charge is 0.693 e. The molecule has 0 aliphatic heterocycles. The summed E-state index contributed by atoms with van der Waals surface area (Å²) in [4.78, 5) is 0. The Morgan fingerprint density at radius 1 is 0.929 bits per heavy atom. The van der Waals surface area contributed by atoms with Crippen molar-refractivity contribution in [2.45, 2.75) is 47.1 Å². The molecule has 0 atom stereocenters. The fourth-order valence-corrected chi connectivity index (χ4v) is 1.66. The van der Waals surface area contributed by atoms with Gasteiger partial charge in [0.2, 0.25) is 0 Å². The zero-order chi connectivity index (χ0) is 10.2. The number of hydrogen-bond acceptors (Lipinski definition) is 1. The van der Waals surface area contributed by atoms with Crippen molar-refractivity contribution in [2.24, 2.45) is 10.8 Å². The molecule has 3 nitrogen and oxygen atoms in total. The minimum Gasteiger partial charge on any atom is -0.693 e. The molecule has 0 radical (unpaired) electrons. The maximum absolute atomic E-state index is 10.3. The minimum absolute atomic E-state index is 0. The van der Waals surface area contributed by atoms with Crippen molar-refractivity contribution in [3.63, 3.8) is 0 Å². The van der Waals surface area contributed by atoms with Gasteiger partial charge in [-0.05, 0) is 10.8 Å². The largest absolute Gasteiger partial charge is 1.00 e. The first-order valence-corrected chi connectivity index (χ1v) is 4.43. The molecule has 0 aliphatic carbocycles. The molecule has 4 heteroatoms. The predicted octanol–water partition coefficient (Wildman–Crippen LogP) is 0.583. The Kier molecular flexibility index (Phi) is 9.39. The average molecular weight is 227 g/mol. The molecule has 0 saturated carbocycles. The van der Waals surface area contributed by atoms with Gasteiger partial charge in [-0.15, -0.1) is 6.54 Å². The van der Waals surface area contributed by atoms with Gasteiger partial charge in [-0.3, -0.25) is 0 Å². The first-order chi connectivity index (χ1) is 5.06. The summed E-state index contributed by atoms with van der Waals surface area (Å²) in [5.41, 5.74) is 6.02. The van der Waals surface area contributed by atoms with Gasteiger partial charge in [0.05, 0.1) is 5.60 Å². The van der Waals surface area contributed by atoms with Crippen LogP contribution in [0.2, 0.25) is 0 Å². The van der Waals surface area contributed by atoms with E-state index in [9.17, 15) is 5.11 Å². The monoisotopic (exact) mass is 227 g/mol. The van der Waals surface area contributed by atoms with E-state index in [-0.39, 0.29) is 74.9 Å². The maximum atomic E-state index is 10.3. The molecule has 0 aromatic rings. The van der Waals surface area contributed by atoms with E-state index in [1.165, 1.54) is 0 Å². The molecular formula is C10H24KN2O-. The molecule has 0 rings (SSSR count). The Bertz CT molecular complexity index is 144. The molecule has 4 N–H and O–H groups in total. The molecule has 0 aromatic heterocycles. The van der Waals surface area contributed by atoms with Crippen LogP contribution in [-0.2, 0) is 0 Å². The fourth-order valence-electron chi connectivity index (χ4n) is 1.66. The van der Waals surface area contributed by atoms with Gasteiger partial charge >= 0.3 is 51.4 Å². The number of nitrogens with one attached hydrogen (secondary N) is 1. The van der Waals surface area contributed by atoms with Crippen LogP contribution in [0.5, 0.6) is 0 Å². The van der Waals surface area contributed by atoms with E-state index in [4.69, 9.17) is 5.73 Å². The summed E-state index contributed by atoms with van der Waals surface area (Å²) in [6, 6.07) is 0. The van der Waals surface area contributed by atoms with E-state index in [1.807, 2.05) is 41.5 Å². The molecule has 0 unspecified atom stereocenters. The number of aliphatic hydroxyl groups is 1. The van der Waals surface area contributed by atoms with Crippen LogP contribution < -0.4 is 51.4 Å². The van der Waals surface area contributed by atoms with Gasteiger partial charge in [0.1, 0.15) is 0 Å². The fraction of sp³-hybridized carbons (Fsp3) is 1.00. The van der Waals surface area contributed by atoms with Crippen LogP contribution in [0.1, 0.15) is 41.5 Å². The van der Waals surface area contributed by atoms with Gasteiger partial charge in [0, 0.05) is 0 Å². The Morgan fingerprint density at radius 3 is 1.14 bits per heavy atom. The van der Waals surface area contributed by atoms with Crippen LogP contribution >= 0.6 is 0 Å². The number of hydrogen-bond donors (Lipinski definition) is 1. The zero-order valence-electron chi connectivity index (χ0n) is 10.7. The summed E-state index contributed by atoms with van der Waals surface area (Å²) in [5.74, 6) is 0. The summed E-state index contributed by atoms with van der Waals surface area (Å²) < 4.78 is 0.